The highest BCUT2D eigenvalue weighted by molar-refractivity contribution is 5.19. The molecular formula is C12H17NO2. The van der Waals surface area contributed by atoms with Gasteiger partial charge in [0.1, 0.15) is 0 Å². The predicted molar refractivity (Wildman–Crippen MR) is 57.4 cm³/mol. The molecule has 3 nitrogen and oxygen atoms in total. The monoisotopic (exact) mass is 207 g/mol. The van der Waals surface area contributed by atoms with Gasteiger partial charge in [-0.1, -0.05) is 12.8 Å². The minimum Gasteiger partial charge on any atom is -0.392 e. The van der Waals surface area contributed by atoms with Gasteiger partial charge in [0.2, 0.25) is 0 Å². The Hall–Kier alpha value is -0.930. The molecule has 1 aromatic rings. The van der Waals surface area contributed by atoms with Crippen LogP contribution in [-0.2, 0) is 6.61 Å². The van der Waals surface area contributed by atoms with E-state index in [1.54, 1.807) is 12.3 Å². The molecule has 1 heterocycles. The van der Waals surface area contributed by atoms with E-state index in [2.05, 4.69) is 4.98 Å². The van der Waals surface area contributed by atoms with Gasteiger partial charge in [-0.05, 0) is 30.5 Å². The van der Waals surface area contributed by atoms with Crippen LogP contribution in [0, 0.1) is 0 Å². The van der Waals surface area contributed by atoms with Crippen molar-refractivity contribution in [1.82, 2.24) is 4.98 Å². The van der Waals surface area contributed by atoms with Crippen molar-refractivity contribution < 1.29 is 10.2 Å². The van der Waals surface area contributed by atoms with Crippen molar-refractivity contribution >= 4 is 0 Å². The van der Waals surface area contributed by atoms with E-state index in [0.29, 0.717) is 0 Å². The Morgan fingerprint density at radius 3 is 2.87 bits per heavy atom. The molecule has 3 heteroatoms. The summed E-state index contributed by atoms with van der Waals surface area (Å²) in [5, 5.41) is 18.9. The molecule has 0 spiro atoms. The summed E-state index contributed by atoms with van der Waals surface area (Å²) in [7, 11) is 0. The summed E-state index contributed by atoms with van der Waals surface area (Å²) in [5.41, 5.74) is 1.80. The molecule has 2 N–H and O–H groups in total. The molecule has 82 valence electrons. The fraction of sp³-hybridized carbons (Fsp3) is 0.583. The van der Waals surface area contributed by atoms with Crippen molar-refractivity contribution in [1.29, 1.82) is 0 Å². The Morgan fingerprint density at radius 1 is 1.33 bits per heavy atom. The van der Waals surface area contributed by atoms with E-state index in [-0.39, 0.29) is 18.6 Å². The minimum absolute atomic E-state index is 0.0400. The van der Waals surface area contributed by atoms with Gasteiger partial charge in [0, 0.05) is 17.8 Å². The van der Waals surface area contributed by atoms with Gasteiger partial charge >= 0.3 is 0 Å². The van der Waals surface area contributed by atoms with E-state index in [4.69, 9.17) is 5.11 Å². The first-order valence-electron chi connectivity index (χ1n) is 5.55. The van der Waals surface area contributed by atoms with Crippen LogP contribution in [0.3, 0.4) is 0 Å². The van der Waals surface area contributed by atoms with Crippen LogP contribution in [-0.4, -0.2) is 21.3 Å². The highest BCUT2D eigenvalue weighted by Gasteiger charge is 2.25. The van der Waals surface area contributed by atoms with Crippen LogP contribution >= 0.6 is 0 Å². The van der Waals surface area contributed by atoms with E-state index in [9.17, 15) is 5.11 Å². The summed E-state index contributed by atoms with van der Waals surface area (Å²) >= 11 is 0. The first-order chi connectivity index (χ1) is 7.31. The van der Waals surface area contributed by atoms with Crippen molar-refractivity contribution in [2.24, 2.45) is 0 Å². The zero-order valence-electron chi connectivity index (χ0n) is 8.76. The van der Waals surface area contributed by atoms with Crippen LogP contribution in [0.5, 0.6) is 0 Å². The van der Waals surface area contributed by atoms with Crippen molar-refractivity contribution in [3.63, 3.8) is 0 Å². The van der Waals surface area contributed by atoms with Gasteiger partial charge in [-0.15, -0.1) is 0 Å². The lowest BCUT2D eigenvalue weighted by molar-refractivity contribution is 0.104. The number of hydrogen-bond acceptors (Lipinski definition) is 3. The number of aromatic nitrogens is 1. The third kappa shape index (κ3) is 2.36. The third-order valence-corrected chi connectivity index (χ3v) is 3.14. The van der Waals surface area contributed by atoms with Crippen molar-refractivity contribution in [3.8, 4) is 0 Å². The summed E-state index contributed by atoms with van der Waals surface area (Å²) in [6.07, 6.45) is 5.59. The maximum atomic E-state index is 9.88. The smallest absolute Gasteiger partial charge is 0.0683 e. The minimum atomic E-state index is -0.264. The van der Waals surface area contributed by atoms with Crippen LogP contribution in [0.25, 0.3) is 0 Å². The van der Waals surface area contributed by atoms with Crippen LogP contribution in [0.1, 0.15) is 42.9 Å². The molecule has 1 saturated carbocycles. The Bertz CT molecular complexity index is 327. The highest BCUT2D eigenvalue weighted by Crippen LogP contribution is 2.32. The molecule has 2 atom stereocenters. The topological polar surface area (TPSA) is 53.4 Å². The molecule has 1 aliphatic carbocycles. The maximum absolute atomic E-state index is 9.88. The maximum Gasteiger partial charge on any atom is 0.0683 e. The summed E-state index contributed by atoms with van der Waals surface area (Å²) in [4.78, 5) is 4.29. The molecule has 0 aromatic carbocycles. The number of nitrogens with zero attached hydrogens (tertiary/aromatic N) is 1. The van der Waals surface area contributed by atoms with Crippen molar-refractivity contribution in [3.05, 3.63) is 29.6 Å². The second-order valence-corrected chi connectivity index (χ2v) is 4.21. The Balaban J connectivity index is 2.19. The first kappa shape index (κ1) is 10.6. The predicted octanol–water partition coefficient (Wildman–Crippen LogP) is 1.59. The molecule has 1 fully saturated rings. The summed E-state index contributed by atoms with van der Waals surface area (Å²) in [5.74, 6) is 0.158. The number of hydrogen-bond donors (Lipinski definition) is 2. The molecule has 0 unspecified atom stereocenters. The fourth-order valence-electron chi connectivity index (χ4n) is 2.25. The largest absolute Gasteiger partial charge is 0.392 e. The van der Waals surface area contributed by atoms with Gasteiger partial charge in [-0.3, -0.25) is 4.98 Å². The quantitative estimate of drug-likeness (QED) is 0.774. The van der Waals surface area contributed by atoms with E-state index in [1.165, 1.54) is 0 Å². The van der Waals surface area contributed by atoms with Gasteiger partial charge in [-0.25, -0.2) is 0 Å². The second-order valence-electron chi connectivity index (χ2n) is 4.21. The highest BCUT2D eigenvalue weighted by atomic mass is 16.3. The van der Waals surface area contributed by atoms with Gasteiger partial charge in [0.05, 0.1) is 12.7 Å². The number of pyridine rings is 1. The van der Waals surface area contributed by atoms with E-state index in [0.717, 1.165) is 36.9 Å². The molecule has 0 aliphatic heterocycles. The number of rotatable bonds is 2. The van der Waals surface area contributed by atoms with Crippen molar-refractivity contribution in [2.75, 3.05) is 0 Å². The summed E-state index contributed by atoms with van der Waals surface area (Å²) < 4.78 is 0. The van der Waals surface area contributed by atoms with E-state index < -0.39 is 0 Å². The first-order valence-corrected chi connectivity index (χ1v) is 5.55. The van der Waals surface area contributed by atoms with Crippen LogP contribution in [0.15, 0.2) is 18.3 Å². The van der Waals surface area contributed by atoms with Gasteiger partial charge in [0.25, 0.3) is 0 Å². The normalized spacial score (nSPS) is 26.5. The third-order valence-electron chi connectivity index (χ3n) is 3.14. The zero-order chi connectivity index (χ0) is 10.7. The van der Waals surface area contributed by atoms with Crippen LogP contribution < -0.4 is 0 Å². The Kier molecular flexibility index (Phi) is 3.34. The van der Waals surface area contributed by atoms with Gasteiger partial charge in [0.15, 0.2) is 0 Å². The summed E-state index contributed by atoms with van der Waals surface area (Å²) in [6.45, 7) is 0.0400. The Morgan fingerprint density at radius 2 is 2.13 bits per heavy atom. The summed E-state index contributed by atoms with van der Waals surface area (Å²) in [6, 6.07) is 3.71. The van der Waals surface area contributed by atoms with Crippen LogP contribution in [0.2, 0.25) is 0 Å². The molecule has 0 amide bonds. The fourth-order valence-corrected chi connectivity index (χ4v) is 2.25. The molecule has 0 saturated heterocycles. The Labute approximate surface area is 89.8 Å². The number of aliphatic hydroxyl groups excluding tert-OH is 2. The van der Waals surface area contributed by atoms with Crippen LogP contribution in [0.4, 0.5) is 0 Å². The zero-order valence-corrected chi connectivity index (χ0v) is 8.76. The van der Waals surface area contributed by atoms with E-state index >= 15 is 0 Å². The number of aliphatic hydroxyl groups is 2. The lowest BCUT2D eigenvalue weighted by atomic mass is 9.84. The van der Waals surface area contributed by atoms with E-state index in [1.807, 2.05) is 6.07 Å². The SMILES string of the molecule is OCc1ccnc([C@@H]2CCCC[C@@H]2O)c1. The average molecular weight is 207 g/mol. The lowest BCUT2D eigenvalue weighted by Gasteiger charge is -2.27. The lowest BCUT2D eigenvalue weighted by Crippen LogP contribution is -2.23. The van der Waals surface area contributed by atoms with Gasteiger partial charge in [-0.2, -0.15) is 0 Å². The second kappa shape index (κ2) is 4.73. The average Bonchev–Trinajstić information content (AvgIpc) is 2.30. The molecule has 2 rings (SSSR count). The van der Waals surface area contributed by atoms with Crippen molar-refractivity contribution in [2.45, 2.75) is 44.3 Å². The molecule has 0 bridgehead atoms. The standard InChI is InChI=1S/C12H17NO2/c14-8-9-5-6-13-11(7-9)10-3-1-2-4-12(10)15/h5-7,10,12,14-15H,1-4,8H2/t10-,12-/m0/s1. The van der Waals surface area contributed by atoms with Gasteiger partial charge < -0.3 is 10.2 Å². The molecule has 15 heavy (non-hydrogen) atoms. The molecule has 1 aromatic heterocycles. The molecular weight excluding hydrogens is 190 g/mol. The molecule has 1 aliphatic rings. The molecule has 0 radical (unpaired) electrons.